The van der Waals surface area contributed by atoms with Crippen molar-refractivity contribution in [2.24, 2.45) is 4.99 Å². The SMILES string of the molecule is CCCCC(CNC(=O)OC(C)(C)C)NC(=NC)NCCCNS(=O)(=O)CC.I. The van der Waals surface area contributed by atoms with Gasteiger partial charge in [0.25, 0.3) is 0 Å². The fraction of sp³-hybridized carbons (Fsp3) is 0.889. The van der Waals surface area contributed by atoms with Crippen LogP contribution < -0.4 is 20.7 Å². The Morgan fingerprint density at radius 3 is 2.28 bits per heavy atom. The van der Waals surface area contributed by atoms with Crippen molar-refractivity contribution in [2.45, 2.75) is 71.9 Å². The van der Waals surface area contributed by atoms with Crippen LogP contribution >= 0.6 is 24.0 Å². The molecule has 0 aliphatic heterocycles. The number of nitrogens with zero attached hydrogens (tertiary/aromatic N) is 1. The highest BCUT2D eigenvalue weighted by molar-refractivity contribution is 14.0. The van der Waals surface area contributed by atoms with Crippen molar-refractivity contribution >= 4 is 46.1 Å². The first-order valence-corrected chi connectivity index (χ1v) is 11.6. The molecule has 0 rings (SSSR count). The summed E-state index contributed by atoms with van der Waals surface area (Å²) in [5.41, 5.74) is -0.534. The van der Waals surface area contributed by atoms with E-state index in [1.165, 1.54) is 0 Å². The van der Waals surface area contributed by atoms with Crippen molar-refractivity contribution in [3.63, 3.8) is 0 Å². The van der Waals surface area contributed by atoms with Gasteiger partial charge in [-0.05, 0) is 40.5 Å². The van der Waals surface area contributed by atoms with Crippen LogP contribution in [0.5, 0.6) is 0 Å². The number of hydrogen-bond acceptors (Lipinski definition) is 5. The summed E-state index contributed by atoms with van der Waals surface area (Å²) in [6.07, 6.45) is 3.14. The topological polar surface area (TPSA) is 121 Å². The number of sulfonamides is 1. The predicted molar refractivity (Wildman–Crippen MR) is 130 cm³/mol. The van der Waals surface area contributed by atoms with Gasteiger partial charge in [0.2, 0.25) is 10.0 Å². The van der Waals surface area contributed by atoms with Crippen molar-refractivity contribution in [1.82, 2.24) is 20.7 Å². The first-order valence-electron chi connectivity index (χ1n) is 9.94. The summed E-state index contributed by atoms with van der Waals surface area (Å²) in [6.45, 7) is 10.6. The number of unbranched alkanes of at least 4 members (excludes halogenated alkanes) is 1. The molecule has 0 heterocycles. The fourth-order valence-electron chi connectivity index (χ4n) is 2.21. The van der Waals surface area contributed by atoms with Crippen LogP contribution in [0.1, 0.15) is 60.3 Å². The molecule has 1 atom stereocenters. The van der Waals surface area contributed by atoms with E-state index in [4.69, 9.17) is 4.74 Å². The van der Waals surface area contributed by atoms with E-state index in [9.17, 15) is 13.2 Å². The summed E-state index contributed by atoms with van der Waals surface area (Å²) in [4.78, 5) is 16.1. The van der Waals surface area contributed by atoms with Gasteiger partial charge in [-0.1, -0.05) is 19.8 Å². The summed E-state index contributed by atoms with van der Waals surface area (Å²) < 4.78 is 30.6. The second kappa shape index (κ2) is 15.9. The minimum atomic E-state index is -3.16. The molecule has 0 saturated heterocycles. The van der Waals surface area contributed by atoms with Crippen molar-refractivity contribution in [3.8, 4) is 0 Å². The Morgan fingerprint density at radius 2 is 1.76 bits per heavy atom. The van der Waals surface area contributed by atoms with E-state index in [1.54, 1.807) is 14.0 Å². The number of ether oxygens (including phenoxy) is 1. The number of halogens is 1. The third-order valence-corrected chi connectivity index (χ3v) is 5.11. The smallest absolute Gasteiger partial charge is 0.407 e. The zero-order valence-electron chi connectivity index (χ0n) is 18.6. The molecule has 0 spiro atoms. The molecule has 9 nitrogen and oxygen atoms in total. The maximum absolute atomic E-state index is 11.9. The molecular weight excluding hydrogens is 509 g/mol. The lowest BCUT2D eigenvalue weighted by Gasteiger charge is -2.24. The molecule has 0 fully saturated rings. The maximum atomic E-state index is 11.9. The maximum Gasteiger partial charge on any atom is 0.407 e. The Kier molecular flexibility index (Phi) is 16.7. The minimum absolute atomic E-state index is 0. The van der Waals surface area contributed by atoms with Crippen LogP contribution in [0.4, 0.5) is 4.79 Å². The first kappa shape index (κ1) is 30.4. The Balaban J connectivity index is 0. The van der Waals surface area contributed by atoms with Crippen LogP contribution in [-0.4, -0.2) is 64.5 Å². The number of guanidine groups is 1. The fourth-order valence-corrected chi connectivity index (χ4v) is 2.87. The number of hydrogen-bond donors (Lipinski definition) is 4. The highest BCUT2D eigenvalue weighted by atomic mass is 127. The molecule has 0 aromatic rings. The summed E-state index contributed by atoms with van der Waals surface area (Å²) in [7, 11) is -1.49. The number of carbonyl (C=O) groups excluding carboxylic acids is 1. The lowest BCUT2D eigenvalue weighted by molar-refractivity contribution is 0.0522. The Hall–Kier alpha value is -0.820. The molecule has 0 radical (unpaired) electrons. The molecule has 1 amide bonds. The lowest BCUT2D eigenvalue weighted by Crippen LogP contribution is -2.49. The van der Waals surface area contributed by atoms with Gasteiger partial charge in [-0.15, -0.1) is 24.0 Å². The largest absolute Gasteiger partial charge is 0.444 e. The lowest BCUT2D eigenvalue weighted by atomic mass is 10.1. The van der Waals surface area contributed by atoms with E-state index in [1.807, 2.05) is 20.8 Å². The summed E-state index contributed by atoms with van der Waals surface area (Å²) in [5.74, 6) is 0.693. The summed E-state index contributed by atoms with van der Waals surface area (Å²) >= 11 is 0. The van der Waals surface area contributed by atoms with Crippen molar-refractivity contribution < 1.29 is 17.9 Å². The molecule has 1 unspecified atom stereocenters. The number of carbonyl (C=O) groups is 1. The molecule has 4 N–H and O–H groups in total. The summed E-state index contributed by atoms with van der Waals surface area (Å²) in [6, 6.07) is 0.0114. The second-order valence-corrected chi connectivity index (χ2v) is 9.61. The number of alkyl carbamates (subject to hydrolysis) is 1. The van der Waals surface area contributed by atoms with Gasteiger partial charge in [0.1, 0.15) is 5.60 Å². The minimum Gasteiger partial charge on any atom is -0.444 e. The highest BCUT2D eigenvalue weighted by Crippen LogP contribution is 2.07. The molecule has 0 aliphatic rings. The average molecular weight is 550 g/mol. The van der Waals surface area contributed by atoms with Crippen LogP contribution in [0.15, 0.2) is 4.99 Å². The normalized spacial score (nSPS) is 13.2. The molecule has 0 bridgehead atoms. The zero-order chi connectivity index (χ0) is 21.6. The first-order chi connectivity index (χ1) is 13.0. The highest BCUT2D eigenvalue weighted by Gasteiger charge is 2.18. The molecule has 0 aromatic carbocycles. The van der Waals surface area contributed by atoms with Crippen LogP contribution in [0.2, 0.25) is 0 Å². The van der Waals surface area contributed by atoms with Gasteiger partial charge in [0.15, 0.2) is 5.96 Å². The number of aliphatic imine (C=N–C) groups is 1. The van der Waals surface area contributed by atoms with Gasteiger partial charge in [0, 0.05) is 32.7 Å². The van der Waals surface area contributed by atoms with E-state index in [-0.39, 0.29) is 35.8 Å². The zero-order valence-corrected chi connectivity index (χ0v) is 21.8. The van der Waals surface area contributed by atoms with Gasteiger partial charge >= 0.3 is 6.09 Å². The van der Waals surface area contributed by atoms with Crippen molar-refractivity contribution in [3.05, 3.63) is 0 Å². The van der Waals surface area contributed by atoms with Gasteiger partial charge < -0.3 is 20.7 Å². The predicted octanol–water partition coefficient (Wildman–Crippen LogP) is 2.18. The van der Waals surface area contributed by atoms with E-state index in [0.29, 0.717) is 32.0 Å². The van der Waals surface area contributed by atoms with Crippen LogP contribution in [-0.2, 0) is 14.8 Å². The quantitative estimate of drug-likeness (QED) is 0.128. The van der Waals surface area contributed by atoms with Crippen LogP contribution in [0.3, 0.4) is 0 Å². The third-order valence-electron chi connectivity index (χ3n) is 3.71. The molecule has 174 valence electrons. The van der Waals surface area contributed by atoms with Crippen molar-refractivity contribution in [2.75, 3.05) is 32.4 Å². The Bertz CT molecular complexity index is 579. The average Bonchev–Trinajstić information content (AvgIpc) is 2.60. The molecule has 11 heteroatoms. The monoisotopic (exact) mass is 549 g/mol. The van der Waals surface area contributed by atoms with Gasteiger partial charge in [-0.2, -0.15) is 0 Å². The van der Waals surface area contributed by atoms with Gasteiger partial charge in [-0.3, -0.25) is 4.99 Å². The number of amides is 1. The molecule has 0 aromatic heterocycles. The molecular formula is C18H40IN5O4S. The molecule has 0 saturated carbocycles. The van der Waals surface area contributed by atoms with Gasteiger partial charge in [0.05, 0.1) is 5.75 Å². The van der Waals surface area contributed by atoms with Gasteiger partial charge in [-0.25, -0.2) is 17.9 Å². The second-order valence-electron chi connectivity index (χ2n) is 7.52. The molecule has 29 heavy (non-hydrogen) atoms. The molecule has 0 aliphatic carbocycles. The van der Waals surface area contributed by atoms with Crippen molar-refractivity contribution in [1.29, 1.82) is 0 Å². The standard InChI is InChI=1S/C18H39N5O4S.HI/c1-7-9-11-15(14-21-17(24)27-18(3,4)5)23-16(19-6)20-12-10-13-22-28(25,26)8-2;/h15,22H,7-14H2,1-6H3,(H,21,24)(H2,19,20,23);1H. The van der Waals surface area contributed by atoms with Crippen LogP contribution in [0.25, 0.3) is 0 Å². The summed E-state index contributed by atoms with van der Waals surface area (Å²) in [5, 5.41) is 9.27. The van der Waals surface area contributed by atoms with Crippen LogP contribution in [0, 0.1) is 0 Å². The van der Waals surface area contributed by atoms with E-state index >= 15 is 0 Å². The van der Waals surface area contributed by atoms with E-state index in [2.05, 4.69) is 32.6 Å². The number of nitrogens with one attached hydrogen (secondary N) is 4. The van der Waals surface area contributed by atoms with E-state index in [0.717, 1.165) is 19.3 Å². The third kappa shape index (κ3) is 17.7. The van der Waals surface area contributed by atoms with E-state index < -0.39 is 21.7 Å². The Morgan fingerprint density at radius 1 is 1.10 bits per heavy atom. The Labute approximate surface area is 193 Å². The number of rotatable bonds is 12.